The van der Waals surface area contributed by atoms with E-state index in [0.29, 0.717) is 22.6 Å². The van der Waals surface area contributed by atoms with Crippen LogP contribution < -0.4 is 5.56 Å². The maximum atomic E-state index is 12.1. The molecule has 0 spiro atoms. The molecule has 0 aliphatic heterocycles. The van der Waals surface area contributed by atoms with Crippen molar-refractivity contribution in [3.05, 3.63) is 76.2 Å². The fourth-order valence-electron chi connectivity index (χ4n) is 2.93. The molecule has 0 aliphatic carbocycles. The molecule has 8 heteroatoms. The van der Waals surface area contributed by atoms with Crippen LogP contribution in [0.15, 0.2) is 57.8 Å². The number of carbonyl (C=O) groups is 1. The van der Waals surface area contributed by atoms with Crippen LogP contribution in [0.5, 0.6) is 0 Å². The Bertz CT molecular complexity index is 1230. The quantitative estimate of drug-likeness (QED) is 0.504. The Hall–Kier alpha value is -3.81. The van der Waals surface area contributed by atoms with Crippen molar-refractivity contribution in [1.82, 2.24) is 20.1 Å². The number of aryl methyl sites for hydroxylation is 2. The van der Waals surface area contributed by atoms with E-state index in [1.165, 1.54) is 0 Å². The van der Waals surface area contributed by atoms with Crippen LogP contribution in [0.1, 0.15) is 23.7 Å². The molecule has 146 valence electrons. The molecule has 29 heavy (non-hydrogen) atoms. The molecular weight excluding hydrogens is 372 g/mol. The summed E-state index contributed by atoms with van der Waals surface area (Å²) < 4.78 is 10.3. The predicted octanol–water partition coefficient (Wildman–Crippen LogP) is 2.96. The van der Waals surface area contributed by atoms with Gasteiger partial charge in [0.2, 0.25) is 5.82 Å². The number of fused-ring (bicyclic) bond motifs is 1. The van der Waals surface area contributed by atoms with Crippen molar-refractivity contribution < 1.29 is 14.1 Å². The molecule has 2 heterocycles. The number of nitrogens with one attached hydrogen (secondary N) is 1. The smallest absolute Gasteiger partial charge is 0.306 e. The molecule has 0 unspecified atom stereocenters. The minimum atomic E-state index is -0.448. The molecule has 0 atom stereocenters. The van der Waals surface area contributed by atoms with E-state index in [9.17, 15) is 9.59 Å². The summed E-state index contributed by atoms with van der Waals surface area (Å²) in [4.78, 5) is 35.4. The molecule has 0 saturated heterocycles. The number of H-pyrrole nitrogens is 1. The van der Waals surface area contributed by atoms with E-state index in [1.54, 1.807) is 18.2 Å². The Morgan fingerprint density at radius 1 is 1.10 bits per heavy atom. The lowest BCUT2D eigenvalue weighted by molar-refractivity contribution is -0.145. The first-order chi connectivity index (χ1) is 14.1. The van der Waals surface area contributed by atoms with Crippen molar-refractivity contribution in [3.8, 4) is 11.4 Å². The number of ether oxygens (including phenoxy) is 1. The monoisotopic (exact) mass is 390 g/mol. The van der Waals surface area contributed by atoms with Gasteiger partial charge < -0.3 is 14.2 Å². The zero-order valence-electron chi connectivity index (χ0n) is 15.7. The van der Waals surface area contributed by atoms with Gasteiger partial charge in [0.05, 0.1) is 17.3 Å². The maximum Gasteiger partial charge on any atom is 0.306 e. The summed E-state index contributed by atoms with van der Waals surface area (Å²) >= 11 is 0. The fourth-order valence-corrected chi connectivity index (χ4v) is 2.93. The molecule has 0 saturated carbocycles. The Morgan fingerprint density at radius 2 is 1.90 bits per heavy atom. The first kappa shape index (κ1) is 18.5. The summed E-state index contributed by atoms with van der Waals surface area (Å²) in [6.07, 6.45) is 0.331. The topological polar surface area (TPSA) is 111 Å². The molecule has 4 aromatic rings. The van der Waals surface area contributed by atoms with Crippen LogP contribution in [0, 0.1) is 6.92 Å². The number of hydrogen-bond acceptors (Lipinski definition) is 7. The van der Waals surface area contributed by atoms with Crippen LogP contribution >= 0.6 is 0 Å². The van der Waals surface area contributed by atoms with E-state index >= 15 is 0 Å². The van der Waals surface area contributed by atoms with Crippen molar-refractivity contribution in [3.63, 3.8) is 0 Å². The van der Waals surface area contributed by atoms with Gasteiger partial charge in [-0.15, -0.1) is 0 Å². The molecule has 2 aromatic carbocycles. The molecule has 0 amide bonds. The second-order valence-corrected chi connectivity index (χ2v) is 6.52. The van der Waals surface area contributed by atoms with Gasteiger partial charge in [-0.3, -0.25) is 9.59 Å². The summed E-state index contributed by atoms with van der Waals surface area (Å²) in [5, 5.41) is 4.44. The second-order valence-electron chi connectivity index (χ2n) is 6.52. The van der Waals surface area contributed by atoms with Crippen LogP contribution in [-0.2, 0) is 22.6 Å². The molecule has 2 aromatic heterocycles. The van der Waals surface area contributed by atoms with Gasteiger partial charge >= 0.3 is 5.97 Å². The van der Waals surface area contributed by atoms with E-state index in [-0.39, 0.29) is 30.9 Å². The van der Waals surface area contributed by atoms with Crippen LogP contribution in [-0.4, -0.2) is 26.1 Å². The van der Waals surface area contributed by atoms with Crippen molar-refractivity contribution in [1.29, 1.82) is 0 Å². The highest BCUT2D eigenvalue weighted by molar-refractivity contribution is 5.77. The first-order valence-corrected chi connectivity index (χ1v) is 9.12. The standard InChI is InChI=1S/C21H18N4O4/c1-13-6-2-3-7-14(13)20-24-18(29-25-20)12-28-19(26)11-10-17-22-16-9-5-4-8-15(16)21(27)23-17/h2-9H,10-12H2,1H3,(H,22,23,27). The summed E-state index contributed by atoms with van der Waals surface area (Å²) in [5.41, 5.74) is 2.25. The average Bonchev–Trinajstić information content (AvgIpc) is 3.20. The number of esters is 1. The van der Waals surface area contributed by atoms with Gasteiger partial charge in [-0.2, -0.15) is 4.98 Å². The van der Waals surface area contributed by atoms with E-state index in [2.05, 4.69) is 20.1 Å². The molecule has 0 fully saturated rings. The molecule has 0 aliphatic rings. The Labute approximate surface area is 165 Å². The lowest BCUT2D eigenvalue weighted by Crippen LogP contribution is -2.14. The van der Waals surface area contributed by atoms with E-state index in [1.807, 2.05) is 37.3 Å². The number of rotatable bonds is 6. The minimum Gasteiger partial charge on any atom is -0.456 e. The second kappa shape index (κ2) is 8.05. The molecule has 8 nitrogen and oxygen atoms in total. The van der Waals surface area contributed by atoms with Gasteiger partial charge in [-0.1, -0.05) is 41.6 Å². The third-order valence-corrected chi connectivity index (χ3v) is 4.44. The number of para-hydroxylation sites is 1. The summed E-state index contributed by atoms with van der Waals surface area (Å²) in [6.45, 7) is 1.84. The Morgan fingerprint density at radius 3 is 2.76 bits per heavy atom. The largest absolute Gasteiger partial charge is 0.456 e. The summed E-state index contributed by atoms with van der Waals surface area (Å²) in [6, 6.07) is 14.7. The minimum absolute atomic E-state index is 0.0695. The normalized spacial score (nSPS) is 10.9. The van der Waals surface area contributed by atoms with Crippen LogP contribution in [0.4, 0.5) is 0 Å². The first-order valence-electron chi connectivity index (χ1n) is 9.12. The number of hydrogen-bond donors (Lipinski definition) is 1. The number of benzene rings is 2. The third kappa shape index (κ3) is 4.21. The molecule has 0 radical (unpaired) electrons. The van der Waals surface area contributed by atoms with E-state index < -0.39 is 5.97 Å². The van der Waals surface area contributed by atoms with Crippen molar-refractivity contribution in [2.75, 3.05) is 0 Å². The molecule has 1 N–H and O–H groups in total. The van der Waals surface area contributed by atoms with E-state index in [0.717, 1.165) is 11.1 Å². The summed E-state index contributed by atoms with van der Waals surface area (Å²) in [7, 11) is 0. The highest BCUT2D eigenvalue weighted by Gasteiger charge is 2.13. The van der Waals surface area contributed by atoms with Gasteiger partial charge in [0, 0.05) is 12.0 Å². The molecular formula is C21H18N4O4. The highest BCUT2D eigenvalue weighted by Crippen LogP contribution is 2.20. The number of aromatic nitrogens is 4. The SMILES string of the molecule is Cc1ccccc1-c1noc(COC(=O)CCc2nc3ccccc3c(=O)[nH]2)n1. The fraction of sp³-hybridized carbons (Fsp3) is 0.190. The lowest BCUT2D eigenvalue weighted by atomic mass is 10.1. The van der Waals surface area contributed by atoms with Crippen LogP contribution in [0.2, 0.25) is 0 Å². The van der Waals surface area contributed by atoms with Crippen LogP contribution in [0.3, 0.4) is 0 Å². The average molecular weight is 390 g/mol. The van der Waals surface area contributed by atoms with Gasteiger partial charge in [0.25, 0.3) is 11.4 Å². The molecule has 0 bridgehead atoms. The predicted molar refractivity (Wildman–Crippen MR) is 105 cm³/mol. The molecule has 4 rings (SSSR count). The highest BCUT2D eigenvalue weighted by atomic mass is 16.6. The number of aromatic amines is 1. The van der Waals surface area contributed by atoms with Gasteiger partial charge in [0.1, 0.15) is 5.82 Å². The number of carbonyl (C=O) groups excluding carboxylic acids is 1. The lowest BCUT2D eigenvalue weighted by Gasteiger charge is -2.03. The summed E-state index contributed by atoms with van der Waals surface area (Å²) in [5.74, 6) is 0.655. The van der Waals surface area contributed by atoms with Gasteiger partial charge in [-0.05, 0) is 24.6 Å². The van der Waals surface area contributed by atoms with Gasteiger partial charge in [0.15, 0.2) is 6.61 Å². The third-order valence-electron chi connectivity index (χ3n) is 4.44. The van der Waals surface area contributed by atoms with Crippen LogP contribution in [0.25, 0.3) is 22.3 Å². The Balaban J connectivity index is 1.34. The zero-order valence-corrected chi connectivity index (χ0v) is 15.7. The zero-order chi connectivity index (χ0) is 20.2. The Kier molecular flexibility index (Phi) is 5.15. The number of nitrogens with zero attached hydrogens (tertiary/aromatic N) is 3. The van der Waals surface area contributed by atoms with Crippen molar-refractivity contribution in [2.45, 2.75) is 26.4 Å². The van der Waals surface area contributed by atoms with E-state index in [4.69, 9.17) is 9.26 Å². The maximum absolute atomic E-state index is 12.1. The van der Waals surface area contributed by atoms with Gasteiger partial charge in [-0.25, -0.2) is 4.98 Å². The van der Waals surface area contributed by atoms with Crippen molar-refractivity contribution >= 4 is 16.9 Å². The van der Waals surface area contributed by atoms with Crippen molar-refractivity contribution in [2.24, 2.45) is 0 Å².